The summed E-state index contributed by atoms with van der Waals surface area (Å²) in [5.41, 5.74) is 0.757. The molecule has 0 aromatic heterocycles. The Hall–Kier alpha value is -1.95. The Balaban J connectivity index is 1.85. The van der Waals surface area contributed by atoms with E-state index in [2.05, 4.69) is 10.6 Å². The van der Waals surface area contributed by atoms with E-state index in [0.29, 0.717) is 42.8 Å². The summed E-state index contributed by atoms with van der Waals surface area (Å²) in [6, 6.07) is 3.50. The van der Waals surface area contributed by atoms with Crippen LogP contribution in [0.4, 0.5) is 0 Å². The highest BCUT2D eigenvalue weighted by molar-refractivity contribution is 6.32. The smallest absolute Gasteiger partial charge is 0.224 e. The summed E-state index contributed by atoms with van der Waals surface area (Å²) in [5.74, 6) is 0.879. The lowest BCUT2D eigenvalue weighted by Crippen LogP contribution is -2.36. The van der Waals surface area contributed by atoms with Crippen LogP contribution >= 0.6 is 11.6 Å². The fourth-order valence-corrected chi connectivity index (χ4v) is 2.51. The fraction of sp³-hybridized carbons (Fsp3) is 0.529. The molecule has 0 unspecified atom stereocenters. The molecule has 1 aliphatic rings. The van der Waals surface area contributed by atoms with Crippen molar-refractivity contribution < 1.29 is 19.1 Å². The third kappa shape index (κ3) is 5.30. The van der Waals surface area contributed by atoms with E-state index in [1.807, 2.05) is 13.8 Å². The first-order valence-corrected chi connectivity index (χ1v) is 8.47. The van der Waals surface area contributed by atoms with Gasteiger partial charge in [-0.2, -0.15) is 0 Å². The first-order chi connectivity index (χ1) is 11.5. The van der Waals surface area contributed by atoms with E-state index in [0.717, 1.165) is 12.0 Å². The second-order valence-corrected chi connectivity index (χ2v) is 6.34. The van der Waals surface area contributed by atoms with Crippen LogP contribution in [0, 0.1) is 5.92 Å². The normalized spacial score (nSPS) is 13.3. The van der Waals surface area contributed by atoms with Gasteiger partial charge in [0.2, 0.25) is 11.8 Å². The molecule has 0 saturated heterocycles. The van der Waals surface area contributed by atoms with Crippen LogP contribution in [-0.4, -0.2) is 38.1 Å². The van der Waals surface area contributed by atoms with Gasteiger partial charge in [0, 0.05) is 25.4 Å². The van der Waals surface area contributed by atoms with Gasteiger partial charge in [0.25, 0.3) is 0 Å². The van der Waals surface area contributed by atoms with Crippen molar-refractivity contribution in [2.75, 3.05) is 26.3 Å². The van der Waals surface area contributed by atoms with Crippen LogP contribution in [0.1, 0.15) is 25.8 Å². The van der Waals surface area contributed by atoms with E-state index < -0.39 is 0 Å². The molecule has 2 rings (SSSR count). The van der Waals surface area contributed by atoms with Crippen LogP contribution in [-0.2, 0) is 16.0 Å². The van der Waals surface area contributed by atoms with Crippen molar-refractivity contribution in [1.29, 1.82) is 0 Å². The van der Waals surface area contributed by atoms with Crippen LogP contribution in [0.2, 0.25) is 5.02 Å². The number of ether oxygens (including phenoxy) is 2. The van der Waals surface area contributed by atoms with Crippen molar-refractivity contribution in [2.45, 2.75) is 26.7 Å². The standard InChI is InChI=1S/C17H23ClN2O4/c1-11(2)17(22)20-5-4-19-15(21)10-12-8-13(18)16-14(9-12)23-6-3-7-24-16/h8-9,11H,3-7,10H2,1-2H3,(H,19,21)(H,20,22). The Morgan fingerprint density at radius 2 is 1.88 bits per heavy atom. The highest BCUT2D eigenvalue weighted by atomic mass is 35.5. The highest BCUT2D eigenvalue weighted by Crippen LogP contribution is 2.38. The maximum atomic E-state index is 12.0. The van der Waals surface area contributed by atoms with E-state index in [9.17, 15) is 9.59 Å². The maximum absolute atomic E-state index is 12.0. The number of fused-ring (bicyclic) bond motifs is 1. The third-order valence-corrected chi connectivity index (χ3v) is 3.78. The van der Waals surface area contributed by atoms with Gasteiger partial charge in [0.05, 0.1) is 24.7 Å². The van der Waals surface area contributed by atoms with Crippen molar-refractivity contribution in [3.05, 3.63) is 22.7 Å². The summed E-state index contributed by atoms with van der Waals surface area (Å²) in [6.07, 6.45) is 0.984. The number of amides is 2. The molecular weight excluding hydrogens is 332 g/mol. The van der Waals surface area contributed by atoms with Gasteiger partial charge >= 0.3 is 0 Å². The van der Waals surface area contributed by atoms with Gasteiger partial charge in [-0.3, -0.25) is 9.59 Å². The summed E-state index contributed by atoms with van der Waals surface area (Å²) in [6.45, 7) is 5.56. The zero-order valence-corrected chi connectivity index (χ0v) is 14.7. The molecule has 6 nitrogen and oxygen atoms in total. The summed E-state index contributed by atoms with van der Waals surface area (Å²) < 4.78 is 11.2. The number of hydrogen-bond donors (Lipinski definition) is 2. The summed E-state index contributed by atoms with van der Waals surface area (Å²) in [7, 11) is 0. The van der Waals surface area contributed by atoms with Crippen LogP contribution in [0.3, 0.4) is 0 Å². The van der Waals surface area contributed by atoms with Crippen molar-refractivity contribution in [2.24, 2.45) is 5.92 Å². The quantitative estimate of drug-likeness (QED) is 0.765. The molecule has 2 amide bonds. The summed E-state index contributed by atoms with van der Waals surface area (Å²) in [5, 5.41) is 5.96. The number of benzene rings is 1. The largest absolute Gasteiger partial charge is 0.489 e. The van der Waals surface area contributed by atoms with Gasteiger partial charge in [-0.15, -0.1) is 0 Å². The van der Waals surface area contributed by atoms with Gasteiger partial charge in [-0.05, 0) is 17.7 Å². The van der Waals surface area contributed by atoms with E-state index in [-0.39, 0.29) is 24.2 Å². The number of halogens is 1. The number of carbonyl (C=O) groups is 2. The van der Waals surface area contributed by atoms with Gasteiger partial charge in [0.1, 0.15) is 0 Å². The predicted molar refractivity (Wildman–Crippen MR) is 91.6 cm³/mol. The zero-order valence-electron chi connectivity index (χ0n) is 14.0. The molecule has 0 saturated carbocycles. The minimum Gasteiger partial charge on any atom is -0.489 e. The molecule has 24 heavy (non-hydrogen) atoms. The van der Waals surface area contributed by atoms with E-state index in [1.165, 1.54) is 0 Å². The Labute approximate surface area is 146 Å². The number of hydrogen-bond acceptors (Lipinski definition) is 4. The molecule has 0 atom stereocenters. The Bertz CT molecular complexity index is 604. The molecule has 2 N–H and O–H groups in total. The summed E-state index contributed by atoms with van der Waals surface area (Å²) >= 11 is 6.21. The van der Waals surface area contributed by atoms with Crippen molar-refractivity contribution >= 4 is 23.4 Å². The number of rotatable bonds is 6. The van der Waals surface area contributed by atoms with Crippen LogP contribution in [0.15, 0.2) is 12.1 Å². The molecule has 0 aliphatic carbocycles. The molecule has 132 valence electrons. The Kier molecular flexibility index (Phi) is 6.73. The zero-order chi connectivity index (χ0) is 17.5. The Morgan fingerprint density at radius 3 is 2.62 bits per heavy atom. The molecule has 7 heteroatoms. The molecule has 1 aromatic carbocycles. The first kappa shape index (κ1) is 18.4. The molecule has 0 radical (unpaired) electrons. The number of carbonyl (C=O) groups excluding carboxylic acids is 2. The van der Waals surface area contributed by atoms with Crippen molar-refractivity contribution in [1.82, 2.24) is 10.6 Å². The van der Waals surface area contributed by atoms with Gasteiger partial charge in [-0.1, -0.05) is 25.4 Å². The minimum absolute atomic E-state index is 0.0288. The molecule has 1 aromatic rings. The summed E-state index contributed by atoms with van der Waals surface area (Å²) in [4.78, 5) is 23.4. The Morgan fingerprint density at radius 1 is 1.17 bits per heavy atom. The monoisotopic (exact) mass is 354 g/mol. The van der Waals surface area contributed by atoms with E-state index >= 15 is 0 Å². The van der Waals surface area contributed by atoms with Gasteiger partial charge in [0.15, 0.2) is 11.5 Å². The molecule has 0 bridgehead atoms. The van der Waals surface area contributed by atoms with Crippen molar-refractivity contribution in [3.8, 4) is 11.5 Å². The molecule has 0 spiro atoms. The molecule has 1 heterocycles. The predicted octanol–water partition coefficient (Wildman–Crippen LogP) is 1.93. The maximum Gasteiger partial charge on any atom is 0.224 e. The van der Waals surface area contributed by atoms with Crippen LogP contribution < -0.4 is 20.1 Å². The van der Waals surface area contributed by atoms with Gasteiger partial charge in [-0.25, -0.2) is 0 Å². The van der Waals surface area contributed by atoms with E-state index in [4.69, 9.17) is 21.1 Å². The second kappa shape index (κ2) is 8.78. The molecule has 0 fully saturated rings. The fourth-order valence-electron chi connectivity index (χ4n) is 2.23. The molecular formula is C17H23ClN2O4. The SMILES string of the molecule is CC(C)C(=O)NCCNC(=O)Cc1cc(Cl)c2c(c1)OCCCO2. The third-order valence-electron chi connectivity index (χ3n) is 3.50. The molecule has 1 aliphatic heterocycles. The van der Waals surface area contributed by atoms with E-state index in [1.54, 1.807) is 12.1 Å². The average molecular weight is 355 g/mol. The lowest BCUT2D eigenvalue weighted by atomic mass is 10.1. The minimum atomic E-state index is -0.139. The average Bonchev–Trinajstić information content (AvgIpc) is 2.77. The lowest BCUT2D eigenvalue weighted by molar-refractivity contribution is -0.124. The first-order valence-electron chi connectivity index (χ1n) is 8.10. The highest BCUT2D eigenvalue weighted by Gasteiger charge is 2.16. The second-order valence-electron chi connectivity index (χ2n) is 5.93. The lowest BCUT2D eigenvalue weighted by Gasteiger charge is -2.12. The topological polar surface area (TPSA) is 76.7 Å². The number of nitrogens with one attached hydrogen (secondary N) is 2. The van der Waals surface area contributed by atoms with Crippen LogP contribution in [0.5, 0.6) is 11.5 Å². The van der Waals surface area contributed by atoms with Gasteiger partial charge < -0.3 is 20.1 Å². The van der Waals surface area contributed by atoms with Crippen LogP contribution in [0.25, 0.3) is 0 Å². The van der Waals surface area contributed by atoms with Crippen molar-refractivity contribution in [3.63, 3.8) is 0 Å².